The lowest BCUT2D eigenvalue weighted by Gasteiger charge is -2.28. The Kier molecular flexibility index (Phi) is 14.0. The highest BCUT2D eigenvalue weighted by Crippen LogP contribution is 2.12. The second-order valence-corrected chi connectivity index (χ2v) is 6.73. The van der Waals surface area contributed by atoms with Crippen LogP contribution in [-0.4, -0.2) is 86.7 Å². The van der Waals surface area contributed by atoms with Crippen molar-refractivity contribution in [3.05, 3.63) is 0 Å². The summed E-state index contributed by atoms with van der Waals surface area (Å²) in [7, 11) is 0. The first-order chi connectivity index (χ1) is 15.3. The molecule has 0 aromatic heterocycles. The average Bonchev–Trinajstić information content (AvgIpc) is 2.65. The molecule has 0 aliphatic carbocycles. The van der Waals surface area contributed by atoms with E-state index in [0.29, 0.717) is 0 Å². The van der Waals surface area contributed by atoms with Gasteiger partial charge in [-0.15, -0.1) is 0 Å². The number of carbonyl (C=O) groups is 6. The lowest BCUT2D eigenvalue weighted by Crippen LogP contribution is -2.44. The first-order valence-corrected chi connectivity index (χ1v) is 9.85. The molecule has 0 bridgehead atoms. The molecular formula is C20H30O13. The van der Waals surface area contributed by atoms with Crippen molar-refractivity contribution in [1.29, 1.82) is 0 Å². The minimum atomic E-state index is -1.19. The minimum Gasteiger partial charge on any atom is -0.462 e. The quantitative estimate of drug-likeness (QED) is 0.239. The van der Waals surface area contributed by atoms with Gasteiger partial charge in [-0.1, -0.05) is 0 Å². The summed E-state index contributed by atoms with van der Waals surface area (Å²) >= 11 is 0. The van der Waals surface area contributed by atoms with Gasteiger partial charge in [0.15, 0.2) is 24.4 Å². The van der Waals surface area contributed by atoms with Crippen molar-refractivity contribution in [2.75, 3.05) is 26.4 Å². The molecule has 0 N–H and O–H groups in total. The van der Waals surface area contributed by atoms with E-state index in [1.165, 1.54) is 0 Å². The van der Waals surface area contributed by atoms with Crippen LogP contribution in [0.2, 0.25) is 0 Å². The van der Waals surface area contributed by atoms with Crippen LogP contribution in [0.1, 0.15) is 41.5 Å². The highest BCUT2D eigenvalue weighted by atomic mass is 16.6. The van der Waals surface area contributed by atoms with Gasteiger partial charge in [0.2, 0.25) is 0 Å². The summed E-state index contributed by atoms with van der Waals surface area (Å²) in [5.41, 5.74) is 0. The lowest BCUT2D eigenvalue weighted by atomic mass is 10.2. The number of hydrogen-bond donors (Lipinski definition) is 0. The standard InChI is InChI=1S/C20H30O13/c1-11(21)28-9-19(32-15(5)25)17(30-13(3)23)7-27-8-18(31-14(4)24)20(33-16(6)26)10-29-12(2)22/h17-20H,7-10H2,1-6H3. The van der Waals surface area contributed by atoms with Gasteiger partial charge in [-0.25, -0.2) is 0 Å². The maximum absolute atomic E-state index is 11.5. The van der Waals surface area contributed by atoms with Crippen LogP contribution in [-0.2, 0) is 61.9 Å². The molecule has 0 spiro atoms. The number of rotatable bonds is 14. The van der Waals surface area contributed by atoms with E-state index in [9.17, 15) is 28.8 Å². The van der Waals surface area contributed by atoms with Gasteiger partial charge in [0.25, 0.3) is 0 Å². The van der Waals surface area contributed by atoms with Crippen LogP contribution in [0.4, 0.5) is 0 Å². The van der Waals surface area contributed by atoms with Crippen LogP contribution in [0.15, 0.2) is 0 Å². The van der Waals surface area contributed by atoms with Crippen LogP contribution >= 0.6 is 0 Å². The van der Waals surface area contributed by atoms with E-state index in [2.05, 4.69) is 0 Å². The van der Waals surface area contributed by atoms with Crippen LogP contribution in [0.5, 0.6) is 0 Å². The highest BCUT2D eigenvalue weighted by molar-refractivity contribution is 5.69. The predicted octanol–water partition coefficient (Wildman–Crippen LogP) is -0.144. The Bertz CT molecular complexity index is 644. The Morgan fingerprint density at radius 2 is 0.667 bits per heavy atom. The zero-order valence-corrected chi connectivity index (χ0v) is 19.4. The Labute approximate surface area is 190 Å². The van der Waals surface area contributed by atoms with Crippen LogP contribution < -0.4 is 0 Å². The van der Waals surface area contributed by atoms with Gasteiger partial charge in [0.1, 0.15) is 13.2 Å². The van der Waals surface area contributed by atoms with Gasteiger partial charge >= 0.3 is 35.8 Å². The summed E-state index contributed by atoms with van der Waals surface area (Å²) in [6, 6.07) is 0. The summed E-state index contributed by atoms with van der Waals surface area (Å²) in [6.07, 6.45) is -4.76. The number of hydrogen-bond acceptors (Lipinski definition) is 13. The maximum Gasteiger partial charge on any atom is 0.303 e. The van der Waals surface area contributed by atoms with Crippen LogP contribution in [0.25, 0.3) is 0 Å². The van der Waals surface area contributed by atoms with E-state index >= 15 is 0 Å². The molecule has 188 valence electrons. The fraction of sp³-hybridized carbons (Fsp3) is 0.700. The predicted molar refractivity (Wildman–Crippen MR) is 106 cm³/mol. The Morgan fingerprint density at radius 3 is 0.879 bits per heavy atom. The first kappa shape index (κ1) is 29.8. The van der Waals surface area contributed by atoms with Gasteiger partial charge in [-0.3, -0.25) is 28.8 Å². The normalized spacial score (nSPS) is 14.0. The molecule has 0 saturated heterocycles. The topological polar surface area (TPSA) is 167 Å². The third-order valence-corrected chi connectivity index (χ3v) is 3.56. The summed E-state index contributed by atoms with van der Waals surface area (Å²) in [6.45, 7) is 5.16. The molecule has 4 unspecified atom stereocenters. The van der Waals surface area contributed by atoms with Crippen molar-refractivity contribution in [3.8, 4) is 0 Å². The molecule has 0 aliphatic heterocycles. The summed E-state index contributed by atoms with van der Waals surface area (Å²) in [4.78, 5) is 68.1. The largest absolute Gasteiger partial charge is 0.462 e. The van der Waals surface area contributed by atoms with Crippen molar-refractivity contribution in [3.63, 3.8) is 0 Å². The van der Waals surface area contributed by atoms with Gasteiger partial charge in [0.05, 0.1) is 13.2 Å². The monoisotopic (exact) mass is 478 g/mol. The SMILES string of the molecule is CC(=O)OCC(OC(C)=O)C(COCC(OC(C)=O)C(COC(C)=O)OC(C)=O)OC(C)=O. The molecule has 0 aromatic rings. The number of ether oxygens (including phenoxy) is 7. The molecule has 4 atom stereocenters. The highest BCUT2D eigenvalue weighted by Gasteiger charge is 2.32. The zero-order chi connectivity index (χ0) is 25.6. The second kappa shape index (κ2) is 15.6. The van der Waals surface area contributed by atoms with E-state index in [1.807, 2.05) is 0 Å². The molecule has 0 heterocycles. The molecule has 33 heavy (non-hydrogen) atoms. The summed E-state index contributed by atoms with van der Waals surface area (Å²) in [5, 5.41) is 0. The maximum atomic E-state index is 11.5. The van der Waals surface area contributed by atoms with E-state index in [-0.39, 0.29) is 13.2 Å². The van der Waals surface area contributed by atoms with Gasteiger partial charge in [-0.05, 0) is 0 Å². The third-order valence-electron chi connectivity index (χ3n) is 3.56. The molecular weight excluding hydrogens is 448 g/mol. The zero-order valence-electron chi connectivity index (χ0n) is 19.4. The first-order valence-electron chi connectivity index (χ1n) is 9.85. The summed E-state index contributed by atoms with van der Waals surface area (Å²) < 4.78 is 35.5. The van der Waals surface area contributed by atoms with Crippen molar-refractivity contribution in [2.24, 2.45) is 0 Å². The molecule has 0 aliphatic rings. The minimum absolute atomic E-state index is 0.378. The van der Waals surface area contributed by atoms with Crippen molar-refractivity contribution < 1.29 is 61.9 Å². The third kappa shape index (κ3) is 15.3. The van der Waals surface area contributed by atoms with Gasteiger partial charge in [0, 0.05) is 41.5 Å². The Hall–Kier alpha value is -3.22. The molecule has 0 amide bonds. The van der Waals surface area contributed by atoms with Crippen LogP contribution in [0, 0.1) is 0 Å². The average molecular weight is 478 g/mol. The molecule has 0 saturated carbocycles. The van der Waals surface area contributed by atoms with E-state index in [4.69, 9.17) is 33.2 Å². The van der Waals surface area contributed by atoms with Crippen molar-refractivity contribution in [2.45, 2.75) is 66.0 Å². The van der Waals surface area contributed by atoms with E-state index in [0.717, 1.165) is 41.5 Å². The molecule has 0 fully saturated rings. The smallest absolute Gasteiger partial charge is 0.303 e. The van der Waals surface area contributed by atoms with Crippen molar-refractivity contribution >= 4 is 35.8 Å². The van der Waals surface area contributed by atoms with Gasteiger partial charge < -0.3 is 33.2 Å². The molecule has 0 rings (SSSR count). The van der Waals surface area contributed by atoms with Crippen LogP contribution in [0.3, 0.4) is 0 Å². The number of esters is 6. The van der Waals surface area contributed by atoms with Crippen molar-refractivity contribution in [1.82, 2.24) is 0 Å². The molecule has 13 nitrogen and oxygen atoms in total. The molecule has 13 heteroatoms. The molecule has 0 aromatic carbocycles. The van der Waals surface area contributed by atoms with E-state index < -0.39 is 73.4 Å². The fourth-order valence-corrected chi connectivity index (χ4v) is 2.42. The fourth-order valence-electron chi connectivity index (χ4n) is 2.42. The second-order valence-electron chi connectivity index (χ2n) is 6.73. The Morgan fingerprint density at radius 1 is 0.424 bits per heavy atom. The summed E-state index contributed by atoms with van der Waals surface area (Å²) in [5.74, 6) is -4.21. The number of carbonyl (C=O) groups excluding carboxylic acids is 6. The van der Waals surface area contributed by atoms with Gasteiger partial charge in [-0.2, -0.15) is 0 Å². The lowest BCUT2D eigenvalue weighted by molar-refractivity contribution is -0.185. The molecule has 0 radical (unpaired) electrons. The van der Waals surface area contributed by atoms with E-state index in [1.54, 1.807) is 0 Å². The Balaban J connectivity index is 5.44.